The molecular weight excluding hydrogens is 305 g/mol. The molecule has 0 fully saturated rings. The van der Waals surface area contributed by atoms with E-state index < -0.39 is 0 Å². The number of rotatable bonds is 4. The van der Waals surface area contributed by atoms with Crippen molar-refractivity contribution in [1.29, 1.82) is 0 Å². The number of aromatic nitrogens is 2. The molecule has 2 N–H and O–H groups in total. The first kappa shape index (κ1) is 16.8. The van der Waals surface area contributed by atoms with Crippen molar-refractivity contribution in [3.05, 3.63) is 18.0 Å². The Hall–Kier alpha value is -1.21. The fraction of sp³-hybridized carbons (Fsp3) is 0.417. The van der Waals surface area contributed by atoms with Crippen LogP contribution >= 0.6 is 24.8 Å². The Morgan fingerprint density at radius 2 is 2.00 bits per heavy atom. The summed E-state index contributed by atoms with van der Waals surface area (Å²) >= 11 is 0. The molecule has 20 heavy (non-hydrogen) atoms. The number of benzene rings is 1. The summed E-state index contributed by atoms with van der Waals surface area (Å²) in [6, 6.07) is 3.83. The van der Waals surface area contributed by atoms with Gasteiger partial charge in [-0.3, -0.25) is 0 Å². The average Bonchev–Trinajstić information content (AvgIpc) is 2.96. The van der Waals surface area contributed by atoms with E-state index in [-0.39, 0.29) is 31.6 Å². The van der Waals surface area contributed by atoms with Crippen molar-refractivity contribution < 1.29 is 14.2 Å². The van der Waals surface area contributed by atoms with Crippen LogP contribution in [0.1, 0.15) is 5.82 Å². The summed E-state index contributed by atoms with van der Waals surface area (Å²) in [5.41, 5.74) is 7.59. The lowest BCUT2D eigenvalue weighted by Crippen LogP contribution is -2.11. The number of methoxy groups -OCH3 is 1. The van der Waals surface area contributed by atoms with Crippen LogP contribution in [0.15, 0.2) is 12.1 Å². The summed E-state index contributed by atoms with van der Waals surface area (Å²) < 4.78 is 17.9. The van der Waals surface area contributed by atoms with Crippen molar-refractivity contribution in [2.75, 3.05) is 20.5 Å². The summed E-state index contributed by atoms with van der Waals surface area (Å²) in [4.78, 5) is 4.51. The Labute approximate surface area is 129 Å². The van der Waals surface area contributed by atoms with Crippen LogP contribution in [0.3, 0.4) is 0 Å². The minimum absolute atomic E-state index is 0. The number of halogens is 2. The van der Waals surface area contributed by atoms with Crippen LogP contribution < -0.4 is 15.2 Å². The second kappa shape index (κ2) is 6.99. The van der Waals surface area contributed by atoms with Gasteiger partial charge in [0.25, 0.3) is 0 Å². The van der Waals surface area contributed by atoms with Gasteiger partial charge in [-0.05, 0) is 0 Å². The van der Waals surface area contributed by atoms with Crippen molar-refractivity contribution in [2.45, 2.75) is 13.1 Å². The van der Waals surface area contributed by atoms with E-state index in [0.717, 1.165) is 34.9 Å². The summed E-state index contributed by atoms with van der Waals surface area (Å²) in [7, 11) is 1.68. The van der Waals surface area contributed by atoms with Crippen LogP contribution in [0.25, 0.3) is 11.0 Å². The van der Waals surface area contributed by atoms with Gasteiger partial charge in [-0.15, -0.1) is 24.8 Å². The molecule has 1 aliphatic heterocycles. The molecule has 1 aromatic carbocycles. The van der Waals surface area contributed by atoms with E-state index in [1.165, 1.54) is 0 Å². The van der Waals surface area contributed by atoms with E-state index in [1.54, 1.807) is 7.11 Å². The molecule has 0 saturated carbocycles. The van der Waals surface area contributed by atoms with Crippen LogP contribution in [0.2, 0.25) is 0 Å². The second-order valence-corrected chi connectivity index (χ2v) is 4.07. The lowest BCUT2D eigenvalue weighted by molar-refractivity contribution is 0.174. The lowest BCUT2D eigenvalue weighted by atomic mass is 10.2. The Kier molecular flexibility index (Phi) is 5.88. The van der Waals surface area contributed by atoms with Gasteiger partial charge in [-0.25, -0.2) is 4.98 Å². The predicted octanol–water partition coefficient (Wildman–Crippen LogP) is 1.71. The van der Waals surface area contributed by atoms with Crippen LogP contribution in [0.5, 0.6) is 11.5 Å². The van der Waals surface area contributed by atoms with Crippen LogP contribution in [0, 0.1) is 0 Å². The molecule has 1 aliphatic rings. The minimum atomic E-state index is 0. The summed E-state index contributed by atoms with van der Waals surface area (Å²) in [6.45, 7) is 2.00. The third kappa shape index (κ3) is 2.78. The second-order valence-electron chi connectivity index (χ2n) is 4.07. The zero-order valence-electron chi connectivity index (χ0n) is 11.0. The number of nitrogens with two attached hydrogens (primary N) is 1. The van der Waals surface area contributed by atoms with Gasteiger partial charge in [0.05, 0.1) is 24.2 Å². The van der Waals surface area contributed by atoms with E-state index >= 15 is 0 Å². The number of ether oxygens (including phenoxy) is 3. The summed E-state index contributed by atoms with van der Waals surface area (Å²) in [6.07, 6.45) is 0. The lowest BCUT2D eigenvalue weighted by Gasteiger charge is -2.07. The third-order valence-corrected chi connectivity index (χ3v) is 3.02. The first-order chi connectivity index (χ1) is 8.83. The van der Waals surface area contributed by atoms with E-state index in [4.69, 9.17) is 19.9 Å². The molecule has 2 heterocycles. The normalized spacial score (nSPS) is 12.1. The molecule has 0 spiro atoms. The maximum Gasteiger partial charge on any atom is 0.231 e. The molecule has 2 aromatic rings. The van der Waals surface area contributed by atoms with Gasteiger partial charge in [0.1, 0.15) is 5.82 Å². The molecule has 0 atom stereocenters. The first-order valence-electron chi connectivity index (χ1n) is 5.81. The molecule has 0 amide bonds. The molecule has 1 aromatic heterocycles. The van der Waals surface area contributed by atoms with Crippen molar-refractivity contribution in [2.24, 2.45) is 5.73 Å². The van der Waals surface area contributed by atoms with Gasteiger partial charge < -0.3 is 24.5 Å². The maximum absolute atomic E-state index is 5.72. The number of fused-ring (bicyclic) bond motifs is 2. The first-order valence-corrected chi connectivity index (χ1v) is 5.81. The molecular formula is C12H17Cl2N3O3. The Balaban J connectivity index is 0.000001000. The summed E-state index contributed by atoms with van der Waals surface area (Å²) in [5.74, 6) is 2.33. The minimum Gasteiger partial charge on any atom is -0.454 e. The molecule has 0 bridgehead atoms. The Bertz CT molecular complexity index is 589. The predicted molar refractivity (Wildman–Crippen MR) is 80.1 cm³/mol. The zero-order valence-corrected chi connectivity index (χ0v) is 12.6. The highest BCUT2D eigenvalue weighted by Crippen LogP contribution is 2.36. The molecule has 0 radical (unpaired) electrons. The van der Waals surface area contributed by atoms with Crippen molar-refractivity contribution in [3.8, 4) is 11.5 Å². The molecule has 112 valence electrons. The fourth-order valence-corrected chi connectivity index (χ4v) is 2.15. The number of hydrogen-bond acceptors (Lipinski definition) is 5. The largest absolute Gasteiger partial charge is 0.454 e. The van der Waals surface area contributed by atoms with E-state index in [0.29, 0.717) is 13.2 Å². The molecule has 0 aliphatic carbocycles. The van der Waals surface area contributed by atoms with Crippen LogP contribution in [-0.2, 0) is 17.8 Å². The molecule has 8 heteroatoms. The van der Waals surface area contributed by atoms with Gasteiger partial charge in [0.15, 0.2) is 11.5 Å². The van der Waals surface area contributed by atoms with E-state index in [1.807, 2.05) is 12.1 Å². The van der Waals surface area contributed by atoms with Gasteiger partial charge in [0, 0.05) is 25.8 Å². The molecule has 3 rings (SSSR count). The Morgan fingerprint density at radius 1 is 1.30 bits per heavy atom. The third-order valence-electron chi connectivity index (χ3n) is 3.02. The van der Waals surface area contributed by atoms with Gasteiger partial charge in [0.2, 0.25) is 6.79 Å². The Morgan fingerprint density at radius 3 is 2.65 bits per heavy atom. The van der Waals surface area contributed by atoms with Crippen LogP contribution in [-0.4, -0.2) is 30.1 Å². The van der Waals surface area contributed by atoms with Crippen LogP contribution in [0.4, 0.5) is 0 Å². The number of imidazole rings is 1. The topological polar surface area (TPSA) is 71.5 Å². The number of nitrogens with zero attached hydrogens (tertiary/aromatic N) is 2. The van der Waals surface area contributed by atoms with E-state index in [2.05, 4.69) is 9.55 Å². The standard InChI is InChI=1S/C12H15N3O3.2ClH/c1-16-3-2-15-9-5-11-10(17-7-18-11)4-8(9)14-12(15)6-13;;/h4-5H,2-3,6-7,13H2,1H3;2*1H. The van der Waals surface area contributed by atoms with Crippen molar-refractivity contribution in [1.82, 2.24) is 9.55 Å². The van der Waals surface area contributed by atoms with Gasteiger partial charge in [-0.2, -0.15) is 0 Å². The molecule has 0 unspecified atom stereocenters. The quantitative estimate of drug-likeness (QED) is 0.928. The maximum atomic E-state index is 5.72. The van der Waals surface area contributed by atoms with Gasteiger partial charge >= 0.3 is 0 Å². The van der Waals surface area contributed by atoms with E-state index in [9.17, 15) is 0 Å². The average molecular weight is 322 g/mol. The summed E-state index contributed by atoms with van der Waals surface area (Å²) in [5, 5.41) is 0. The highest BCUT2D eigenvalue weighted by molar-refractivity contribution is 5.85. The molecule has 6 nitrogen and oxygen atoms in total. The number of hydrogen-bond donors (Lipinski definition) is 1. The SMILES string of the molecule is COCCn1c(CN)nc2cc3c(cc21)OCO3.Cl.Cl. The zero-order chi connectivity index (χ0) is 12.5. The highest BCUT2D eigenvalue weighted by Gasteiger charge is 2.18. The van der Waals surface area contributed by atoms with Crippen molar-refractivity contribution >= 4 is 35.8 Å². The highest BCUT2D eigenvalue weighted by atomic mass is 35.5. The fourth-order valence-electron chi connectivity index (χ4n) is 2.15. The monoisotopic (exact) mass is 321 g/mol. The van der Waals surface area contributed by atoms with Crippen molar-refractivity contribution in [3.63, 3.8) is 0 Å². The van der Waals surface area contributed by atoms with Gasteiger partial charge in [-0.1, -0.05) is 0 Å². The smallest absolute Gasteiger partial charge is 0.231 e. The molecule has 0 saturated heterocycles.